The maximum atomic E-state index is 3.09. The Morgan fingerprint density at radius 2 is 2.08 bits per heavy atom. The lowest BCUT2D eigenvalue weighted by Crippen LogP contribution is -2.03. The first kappa shape index (κ1) is 10.0. The van der Waals surface area contributed by atoms with Gasteiger partial charge >= 0.3 is 0 Å². The zero-order valence-corrected chi connectivity index (χ0v) is 8.59. The Morgan fingerprint density at radius 3 is 2.77 bits per heavy atom. The van der Waals surface area contributed by atoms with Gasteiger partial charge in [-0.3, -0.25) is 0 Å². The van der Waals surface area contributed by atoms with E-state index < -0.39 is 0 Å². The summed E-state index contributed by atoms with van der Waals surface area (Å²) in [5.41, 5.74) is 3.96. The first-order valence-electron chi connectivity index (χ1n) is 4.62. The van der Waals surface area contributed by atoms with Gasteiger partial charge in [-0.15, -0.1) is 0 Å². The number of hydrogen-bond acceptors (Lipinski definition) is 1. The summed E-state index contributed by atoms with van der Waals surface area (Å²) in [5.74, 6) is 0. The van der Waals surface area contributed by atoms with Gasteiger partial charge in [0.25, 0.3) is 0 Å². The summed E-state index contributed by atoms with van der Waals surface area (Å²) in [4.78, 5) is 0. The van der Waals surface area contributed by atoms with Crippen LogP contribution in [0, 0.1) is 13.8 Å². The molecule has 1 N–H and O–H groups in total. The van der Waals surface area contributed by atoms with Gasteiger partial charge in [-0.1, -0.05) is 35.9 Å². The molecule has 0 unspecified atom stereocenters. The van der Waals surface area contributed by atoms with Crippen LogP contribution in [0.3, 0.4) is 0 Å². The maximum absolute atomic E-state index is 3.09. The van der Waals surface area contributed by atoms with Crippen LogP contribution in [0.25, 0.3) is 6.08 Å². The zero-order valence-electron chi connectivity index (χ0n) is 8.59. The predicted octanol–water partition coefficient (Wildman–Crippen LogP) is 2.54. The summed E-state index contributed by atoms with van der Waals surface area (Å²) in [6, 6.07) is 6.51. The molecule has 0 atom stereocenters. The highest BCUT2D eigenvalue weighted by atomic mass is 14.8. The van der Waals surface area contributed by atoms with Crippen molar-refractivity contribution in [2.24, 2.45) is 0 Å². The fraction of sp³-hybridized carbons (Fsp3) is 0.333. The molecule has 0 aliphatic rings. The van der Waals surface area contributed by atoms with E-state index in [1.807, 2.05) is 7.05 Å². The molecule has 0 spiro atoms. The fourth-order valence-corrected chi connectivity index (χ4v) is 1.24. The SMILES string of the molecule is CNC/C=C/c1cc(C)ccc1C. The number of hydrogen-bond donors (Lipinski definition) is 1. The van der Waals surface area contributed by atoms with E-state index in [2.05, 4.69) is 49.5 Å². The van der Waals surface area contributed by atoms with E-state index in [4.69, 9.17) is 0 Å². The molecule has 0 fully saturated rings. The minimum absolute atomic E-state index is 0.924. The quantitative estimate of drug-likeness (QED) is 0.744. The van der Waals surface area contributed by atoms with Crippen LogP contribution in [0.2, 0.25) is 0 Å². The van der Waals surface area contributed by atoms with Crippen LogP contribution in [0.1, 0.15) is 16.7 Å². The van der Waals surface area contributed by atoms with Crippen LogP contribution in [-0.4, -0.2) is 13.6 Å². The molecule has 0 aliphatic carbocycles. The van der Waals surface area contributed by atoms with E-state index in [1.54, 1.807) is 0 Å². The second-order valence-corrected chi connectivity index (χ2v) is 3.32. The van der Waals surface area contributed by atoms with Crippen LogP contribution in [0.4, 0.5) is 0 Å². The Morgan fingerprint density at radius 1 is 1.31 bits per heavy atom. The van der Waals surface area contributed by atoms with Gasteiger partial charge in [0.2, 0.25) is 0 Å². The second kappa shape index (κ2) is 4.83. The monoisotopic (exact) mass is 175 g/mol. The molecule has 0 heterocycles. The van der Waals surface area contributed by atoms with Crippen LogP contribution >= 0.6 is 0 Å². The van der Waals surface area contributed by atoms with E-state index >= 15 is 0 Å². The van der Waals surface area contributed by atoms with Gasteiger partial charge in [0.05, 0.1) is 0 Å². The third-order valence-electron chi connectivity index (χ3n) is 2.05. The molecule has 0 radical (unpaired) electrons. The molecule has 70 valence electrons. The lowest BCUT2D eigenvalue weighted by Gasteiger charge is -2.01. The average molecular weight is 175 g/mol. The highest BCUT2D eigenvalue weighted by Gasteiger charge is 1.92. The minimum atomic E-state index is 0.924. The van der Waals surface area contributed by atoms with Gasteiger partial charge in [0.1, 0.15) is 0 Å². The molecule has 0 aliphatic heterocycles. The van der Waals surface area contributed by atoms with Crippen LogP contribution < -0.4 is 5.32 Å². The fourth-order valence-electron chi connectivity index (χ4n) is 1.24. The number of likely N-dealkylation sites (N-methyl/N-ethyl adjacent to an activating group) is 1. The van der Waals surface area contributed by atoms with Crippen LogP contribution in [0.5, 0.6) is 0 Å². The van der Waals surface area contributed by atoms with E-state index in [1.165, 1.54) is 16.7 Å². The Hall–Kier alpha value is -1.08. The van der Waals surface area contributed by atoms with Crippen molar-refractivity contribution < 1.29 is 0 Å². The Labute approximate surface area is 80.5 Å². The third kappa shape index (κ3) is 3.03. The third-order valence-corrected chi connectivity index (χ3v) is 2.05. The van der Waals surface area contributed by atoms with Crippen molar-refractivity contribution in [3.63, 3.8) is 0 Å². The molecular weight excluding hydrogens is 158 g/mol. The van der Waals surface area contributed by atoms with E-state index in [-0.39, 0.29) is 0 Å². The van der Waals surface area contributed by atoms with Crippen LogP contribution in [-0.2, 0) is 0 Å². The van der Waals surface area contributed by atoms with Crippen molar-refractivity contribution in [3.8, 4) is 0 Å². The number of nitrogens with one attached hydrogen (secondary N) is 1. The maximum Gasteiger partial charge on any atom is 0.0135 e. The van der Waals surface area contributed by atoms with E-state index in [0.717, 1.165) is 6.54 Å². The van der Waals surface area contributed by atoms with E-state index in [0.29, 0.717) is 0 Å². The molecule has 1 heteroatoms. The minimum Gasteiger partial charge on any atom is -0.316 e. The summed E-state index contributed by atoms with van der Waals surface area (Å²) in [6.45, 7) is 5.18. The number of benzene rings is 1. The molecule has 1 nitrogen and oxygen atoms in total. The molecule has 0 saturated heterocycles. The van der Waals surface area contributed by atoms with Crippen molar-refractivity contribution in [1.82, 2.24) is 5.32 Å². The molecule has 13 heavy (non-hydrogen) atoms. The summed E-state index contributed by atoms with van der Waals surface area (Å²) in [6.07, 6.45) is 4.31. The highest BCUT2D eigenvalue weighted by molar-refractivity contribution is 5.54. The van der Waals surface area contributed by atoms with Crippen molar-refractivity contribution in [1.29, 1.82) is 0 Å². The molecule has 0 saturated carbocycles. The zero-order chi connectivity index (χ0) is 9.68. The van der Waals surface area contributed by atoms with Gasteiger partial charge in [-0.25, -0.2) is 0 Å². The molecule has 0 amide bonds. The van der Waals surface area contributed by atoms with Gasteiger partial charge in [-0.05, 0) is 32.0 Å². The van der Waals surface area contributed by atoms with E-state index in [9.17, 15) is 0 Å². The summed E-state index contributed by atoms with van der Waals surface area (Å²) < 4.78 is 0. The molecular formula is C12H17N. The van der Waals surface area contributed by atoms with Gasteiger partial charge < -0.3 is 5.32 Å². The van der Waals surface area contributed by atoms with Gasteiger partial charge in [-0.2, -0.15) is 0 Å². The van der Waals surface area contributed by atoms with Crippen molar-refractivity contribution in [2.75, 3.05) is 13.6 Å². The van der Waals surface area contributed by atoms with Crippen molar-refractivity contribution in [2.45, 2.75) is 13.8 Å². The standard InChI is InChI=1S/C12H17N/c1-10-6-7-11(2)12(9-10)5-4-8-13-3/h4-7,9,13H,8H2,1-3H3/b5-4+. The normalized spacial score (nSPS) is 11.0. The number of rotatable bonds is 3. The highest BCUT2D eigenvalue weighted by Crippen LogP contribution is 2.11. The Kier molecular flexibility index (Phi) is 3.71. The lowest BCUT2D eigenvalue weighted by molar-refractivity contribution is 0.922. The average Bonchev–Trinajstić information content (AvgIpc) is 2.11. The smallest absolute Gasteiger partial charge is 0.0135 e. The summed E-state index contributed by atoms with van der Waals surface area (Å²) in [5, 5.41) is 3.09. The first-order chi connectivity index (χ1) is 6.24. The van der Waals surface area contributed by atoms with Gasteiger partial charge in [0, 0.05) is 6.54 Å². The largest absolute Gasteiger partial charge is 0.316 e. The molecule has 0 bridgehead atoms. The Balaban J connectivity index is 2.81. The van der Waals surface area contributed by atoms with Gasteiger partial charge in [0.15, 0.2) is 0 Å². The molecule has 0 aromatic heterocycles. The van der Waals surface area contributed by atoms with Crippen LogP contribution in [0.15, 0.2) is 24.3 Å². The summed E-state index contributed by atoms with van der Waals surface area (Å²) >= 11 is 0. The molecule has 1 rings (SSSR count). The summed E-state index contributed by atoms with van der Waals surface area (Å²) in [7, 11) is 1.95. The molecule has 1 aromatic carbocycles. The Bertz CT molecular complexity index is 300. The topological polar surface area (TPSA) is 12.0 Å². The van der Waals surface area contributed by atoms with Crippen molar-refractivity contribution in [3.05, 3.63) is 41.0 Å². The molecule has 1 aromatic rings. The second-order valence-electron chi connectivity index (χ2n) is 3.32. The first-order valence-corrected chi connectivity index (χ1v) is 4.62. The number of aryl methyl sites for hydroxylation is 2. The van der Waals surface area contributed by atoms with Crippen molar-refractivity contribution >= 4 is 6.08 Å². The lowest BCUT2D eigenvalue weighted by atomic mass is 10.1. The predicted molar refractivity (Wildman–Crippen MR) is 58.9 cm³/mol.